The van der Waals surface area contributed by atoms with Gasteiger partial charge in [-0.05, 0) is 0 Å². The molecule has 0 aliphatic carbocycles. The van der Waals surface area contributed by atoms with Gasteiger partial charge in [0.05, 0.1) is 13.5 Å². The first-order chi connectivity index (χ1) is 8.50. The van der Waals surface area contributed by atoms with Crippen LogP contribution < -0.4 is 22.9 Å². The number of esters is 3. The van der Waals surface area contributed by atoms with E-state index in [2.05, 4.69) is 14.2 Å². The molecule has 0 saturated heterocycles. The molecule has 8 N–H and O–H groups in total. The number of ether oxygens (including phenoxy) is 3. The molecule has 0 amide bonds. The molecule has 0 bridgehead atoms. The zero-order valence-corrected chi connectivity index (χ0v) is 10.7. The van der Waals surface area contributed by atoms with E-state index in [9.17, 15) is 14.4 Å². The molecular weight excluding hydrogens is 260 g/mol. The van der Waals surface area contributed by atoms with Crippen LogP contribution in [0.4, 0.5) is 0 Å². The highest BCUT2D eigenvalue weighted by Gasteiger charge is 2.40. The number of nitrogens with two attached hydrogens (primary N) is 4. The fourth-order valence-corrected chi connectivity index (χ4v) is 1.15. The van der Waals surface area contributed by atoms with Crippen LogP contribution in [0.1, 0.15) is 13.3 Å². The van der Waals surface area contributed by atoms with Crippen LogP contribution in [0.15, 0.2) is 0 Å². The van der Waals surface area contributed by atoms with E-state index < -0.39 is 42.4 Å². The number of carbonyl (C=O) groups excluding carboxylic acids is 3. The highest BCUT2D eigenvalue weighted by Crippen LogP contribution is 2.11. The summed E-state index contributed by atoms with van der Waals surface area (Å²) in [5.74, 6) is -4.76. The van der Waals surface area contributed by atoms with Gasteiger partial charge in [-0.25, -0.2) is 9.59 Å². The second kappa shape index (κ2) is 6.43. The van der Waals surface area contributed by atoms with Crippen molar-refractivity contribution in [2.24, 2.45) is 22.9 Å². The van der Waals surface area contributed by atoms with Crippen LogP contribution in [-0.4, -0.2) is 43.1 Å². The van der Waals surface area contributed by atoms with Gasteiger partial charge in [0.25, 0.3) is 0 Å². The lowest BCUT2D eigenvalue weighted by Gasteiger charge is -2.31. The molecule has 0 aliphatic rings. The molecule has 0 atom stereocenters. The standard InChI is InChI=1S/C9H18N4O6/c1-5(14)19-9(12,13)4-8(10,11)7(16)18-3-6(15)17-2/h3-4,10-13H2,1-2H3. The summed E-state index contributed by atoms with van der Waals surface area (Å²) in [5.41, 5.74) is 19.6. The summed E-state index contributed by atoms with van der Waals surface area (Å²) in [6.07, 6.45) is -0.612. The molecule has 10 nitrogen and oxygen atoms in total. The van der Waals surface area contributed by atoms with E-state index in [0.717, 1.165) is 14.0 Å². The van der Waals surface area contributed by atoms with Gasteiger partial charge in [-0.3, -0.25) is 16.3 Å². The van der Waals surface area contributed by atoms with Gasteiger partial charge < -0.3 is 25.7 Å². The SMILES string of the molecule is COC(=O)COC(=O)C(N)(N)CC(N)(N)OC(C)=O. The Balaban J connectivity index is 4.56. The third kappa shape index (κ3) is 6.67. The maximum Gasteiger partial charge on any atom is 0.344 e. The van der Waals surface area contributed by atoms with Crippen LogP contribution in [0.2, 0.25) is 0 Å². The van der Waals surface area contributed by atoms with E-state index in [1.54, 1.807) is 0 Å². The number of methoxy groups -OCH3 is 1. The number of rotatable bonds is 6. The van der Waals surface area contributed by atoms with Crippen molar-refractivity contribution in [1.29, 1.82) is 0 Å². The monoisotopic (exact) mass is 278 g/mol. The Morgan fingerprint density at radius 2 is 1.63 bits per heavy atom. The van der Waals surface area contributed by atoms with Crippen molar-refractivity contribution >= 4 is 17.9 Å². The number of carbonyl (C=O) groups is 3. The zero-order chi connectivity index (χ0) is 15.3. The summed E-state index contributed by atoms with van der Waals surface area (Å²) >= 11 is 0. The second-order valence-electron chi connectivity index (χ2n) is 3.92. The van der Waals surface area contributed by atoms with Crippen molar-refractivity contribution in [3.8, 4) is 0 Å². The van der Waals surface area contributed by atoms with Crippen LogP contribution in [0.25, 0.3) is 0 Å². The molecule has 0 fully saturated rings. The summed E-state index contributed by atoms with van der Waals surface area (Å²) in [6.45, 7) is 0.403. The lowest BCUT2D eigenvalue weighted by atomic mass is 10.1. The van der Waals surface area contributed by atoms with Crippen molar-refractivity contribution in [2.75, 3.05) is 13.7 Å². The van der Waals surface area contributed by atoms with Crippen molar-refractivity contribution in [3.63, 3.8) is 0 Å². The first-order valence-electron chi connectivity index (χ1n) is 5.09. The molecule has 0 heterocycles. The van der Waals surface area contributed by atoms with Crippen LogP contribution in [-0.2, 0) is 28.6 Å². The Hall–Kier alpha value is -1.75. The molecule has 0 unspecified atom stereocenters. The van der Waals surface area contributed by atoms with Crippen LogP contribution in [0.5, 0.6) is 0 Å². The minimum Gasteiger partial charge on any atom is -0.466 e. The van der Waals surface area contributed by atoms with E-state index in [1.807, 2.05) is 0 Å². The van der Waals surface area contributed by atoms with Crippen molar-refractivity contribution in [3.05, 3.63) is 0 Å². The molecule has 0 radical (unpaired) electrons. The summed E-state index contributed by atoms with van der Waals surface area (Å²) in [7, 11) is 1.11. The fourth-order valence-electron chi connectivity index (χ4n) is 1.15. The van der Waals surface area contributed by atoms with Gasteiger partial charge in [0.1, 0.15) is 0 Å². The highest BCUT2D eigenvalue weighted by molar-refractivity contribution is 5.82. The summed E-state index contributed by atoms with van der Waals surface area (Å²) in [5, 5.41) is 0. The lowest BCUT2D eigenvalue weighted by molar-refractivity contribution is -0.167. The maximum atomic E-state index is 11.5. The first-order valence-corrected chi connectivity index (χ1v) is 5.09. The molecule has 0 rings (SSSR count). The Kier molecular flexibility index (Phi) is 5.83. The molecule has 0 spiro atoms. The summed E-state index contributed by atoms with van der Waals surface area (Å²) in [4.78, 5) is 33.0. The van der Waals surface area contributed by atoms with Crippen LogP contribution >= 0.6 is 0 Å². The van der Waals surface area contributed by atoms with Gasteiger partial charge in [-0.1, -0.05) is 0 Å². The Labute approximate surface area is 109 Å². The predicted molar refractivity (Wildman–Crippen MR) is 61.6 cm³/mol. The van der Waals surface area contributed by atoms with Crippen LogP contribution in [0, 0.1) is 0 Å². The maximum absolute atomic E-state index is 11.5. The molecule has 0 aromatic carbocycles. The van der Waals surface area contributed by atoms with E-state index in [1.165, 1.54) is 0 Å². The molecule has 19 heavy (non-hydrogen) atoms. The summed E-state index contributed by atoms with van der Waals surface area (Å²) in [6, 6.07) is 0. The van der Waals surface area contributed by atoms with Crippen molar-refractivity contribution in [2.45, 2.75) is 24.9 Å². The van der Waals surface area contributed by atoms with Gasteiger partial charge in [0.15, 0.2) is 12.3 Å². The Morgan fingerprint density at radius 1 is 1.11 bits per heavy atom. The molecule has 0 aliphatic heterocycles. The zero-order valence-electron chi connectivity index (χ0n) is 10.7. The predicted octanol–water partition coefficient (Wildman–Crippen LogP) is -3.16. The van der Waals surface area contributed by atoms with Gasteiger partial charge in [0, 0.05) is 6.92 Å². The quantitative estimate of drug-likeness (QED) is 0.219. The molecule has 110 valence electrons. The normalized spacial score (nSPS) is 11.7. The molecule has 0 aromatic heterocycles. The molecule has 0 aromatic rings. The second-order valence-corrected chi connectivity index (χ2v) is 3.92. The van der Waals surface area contributed by atoms with Crippen molar-refractivity contribution < 1.29 is 28.6 Å². The largest absolute Gasteiger partial charge is 0.466 e. The average Bonchev–Trinajstić information content (AvgIpc) is 2.21. The number of hydrogen-bond acceptors (Lipinski definition) is 10. The van der Waals surface area contributed by atoms with E-state index in [4.69, 9.17) is 22.9 Å². The van der Waals surface area contributed by atoms with E-state index >= 15 is 0 Å². The fraction of sp³-hybridized carbons (Fsp3) is 0.667. The van der Waals surface area contributed by atoms with Crippen molar-refractivity contribution in [1.82, 2.24) is 0 Å². The van der Waals surface area contributed by atoms with Gasteiger partial charge in [0.2, 0.25) is 5.85 Å². The van der Waals surface area contributed by atoms with Gasteiger partial charge in [-0.2, -0.15) is 0 Å². The van der Waals surface area contributed by atoms with E-state index in [-0.39, 0.29) is 0 Å². The summed E-state index contributed by atoms with van der Waals surface area (Å²) < 4.78 is 13.3. The average molecular weight is 278 g/mol. The van der Waals surface area contributed by atoms with Gasteiger partial charge >= 0.3 is 17.9 Å². The minimum atomic E-state index is -2.13. The third-order valence-electron chi connectivity index (χ3n) is 1.83. The third-order valence-corrected chi connectivity index (χ3v) is 1.83. The van der Waals surface area contributed by atoms with Crippen LogP contribution in [0.3, 0.4) is 0 Å². The smallest absolute Gasteiger partial charge is 0.344 e. The molecule has 0 saturated carbocycles. The highest BCUT2D eigenvalue weighted by atomic mass is 16.6. The number of hydrogen-bond donors (Lipinski definition) is 4. The topological polar surface area (TPSA) is 183 Å². The Morgan fingerprint density at radius 3 is 2.05 bits per heavy atom. The van der Waals surface area contributed by atoms with Gasteiger partial charge in [-0.15, -0.1) is 0 Å². The first kappa shape index (κ1) is 17.2. The molecular formula is C9H18N4O6. The van der Waals surface area contributed by atoms with E-state index in [0.29, 0.717) is 0 Å². The lowest BCUT2D eigenvalue weighted by Crippen LogP contribution is -2.67. The minimum absolute atomic E-state index is 0.612. The molecule has 10 heteroatoms. The Bertz CT molecular complexity index is 368.